The van der Waals surface area contributed by atoms with Crippen LogP contribution in [-0.4, -0.2) is 34.9 Å². The number of benzene rings is 1. The highest BCUT2D eigenvalue weighted by Crippen LogP contribution is 2.24. The minimum Gasteiger partial charge on any atom is -0.349 e. The number of piperidine rings is 1. The third-order valence-corrected chi connectivity index (χ3v) is 6.62. The third kappa shape index (κ3) is 3.96. The summed E-state index contributed by atoms with van der Waals surface area (Å²) in [6.07, 6.45) is 1.99. The van der Waals surface area contributed by atoms with Crippen molar-refractivity contribution in [3.8, 4) is 0 Å². The van der Waals surface area contributed by atoms with Gasteiger partial charge in [0.25, 0.3) is 5.91 Å². The van der Waals surface area contributed by atoms with E-state index < -0.39 is 0 Å². The highest BCUT2D eigenvalue weighted by molar-refractivity contribution is 7.09. The predicted molar refractivity (Wildman–Crippen MR) is 116 cm³/mol. The molecule has 4 nitrogen and oxygen atoms in total. The van der Waals surface area contributed by atoms with Crippen LogP contribution in [0.1, 0.15) is 44.9 Å². The molecule has 1 aliphatic heterocycles. The Morgan fingerprint density at radius 2 is 2.00 bits per heavy atom. The van der Waals surface area contributed by atoms with Crippen molar-refractivity contribution in [2.75, 3.05) is 13.1 Å². The molecule has 0 bridgehead atoms. The van der Waals surface area contributed by atoms with Crippen LogP contribution >= 0.6 is 11.3 Å². The standard InChI is InChI=1S/C23H27N3OS/c1-15-6-7-20-21(13-16(2)24-22(20)17(15)3)23(27)25-18-8-10-26(11-9-18)14-19-5-4-12-28-19/h4-7,12-13,18H,8-11,14H2,1-3H3,(H,25,27). The Morgan fingerprint density at radius 1 is 1.21 bits per heavy atom. The molecule has 1 aliphatic rings. The zero-order valence-electron chi connectivity index (χ0n) is 16.8. The first-order chi connectivity index (χ1) is 13.5. The fraction of sp³-hybridized carbons (Fsp3) is 0.391. The second-order valence-electron chi connectivity index (χ2n) is 7.82. The van der Waals surface area contributed by atoms with Crippen molar-refractivity contribution >= 4 is 28.1 Å². The van der Waals surface area contributed by atoms with E-state index in [4.69, 9.17) is 0 Å². The molecule has 3 aromatic rings. The summed E-state index contributed by atoms with van der Waals surface area (Å²) in [7, 11) is 0. The number of hydrogen-bond donors (Lipinski definition) is 1. The van der Waals surface area contributed by atoms with Crippen LogP contribution in [0.5, 0.6) is 0 Å². The molecule has 0 saturated carbocycles. The van der Waals surface area contributed by atoms with Gasteiger partial charge in [-0.25, -0.2) is 0 Å². The second kappa shape index (κ2) is 8.02. The number of rotatable bonds is 4. The predicted octanol–water partition coefficient (Wildman–Crippen LogP) is 4.62. The van der Waals surface area contributed by atoms with Gasteiger partial charge in [-0.3, -0.25) is 14.7 Å². The average molecular weight is 394 g/mol. The third-order valence-electron chi connectivity index (χ3n) is 5.76. The van der Waals surface area contributed by atoms with Crippen LogP contribution in [0.15, 0.2) is 35.7 Å². The number of nitrogens with zero attached hydrogens (tertiary/aromatic N) is 2. The lowest BCUT2D eigenvalue weighted by molar-refractivity contribution is 0.0911. The molecule has 0 unspecified atom stereocenters. The van der Waals surface area contributed by atoms with Gasteiger partial charge in [0.1, 0.15) is 0 Å². The summed E-state index contributed by atoms with van der Waals surface area (Å²) in [5, 5.41) is 6.35. The van der Waals surface area contributed by atoms with Crippen LogP contribution < -0.4 is 5.32 Å². The fourth-order valence-corrected chi connectivity index (χ4v) is 4.71. The number of fused-ring (bicyclic) bond motifs is 1. The van der Waals surface area contributed by atoms with E-state index in [2.05, 4.69) is 52.6 Å². The average Bonchev–Trinajstić information content (AvgIpc) is 3.19. The Hall–Kier alpha value is -2.24. The van der Waals surface area contributed by atoms with Crippen molar-refractivity contribution < 1.29 is 4.79 Å². The number of hydrogen-bond acceptors (Lipinski definition) is 4. The number of likely N-dealkylation sites (tertiary alicyclic amines) is 1. The molecule has 0 spiro atoms. The van der Waals surface area contributed by atoms with Gasteiger partial charge in [0.05, 0.1) is 11.1 Å². The lowest BCUT2D eigenvalue weighted by Gasteiger charge is -2.32. The molecule has 2 aromatic heterocycles. The Morgan fingerprint density at radius 3 is 2.71 bits per heavy atom. The molecule has 0 radical (unpaired) electrons. The molecule has 28 heavy (non-hydrogen) atoms. The van der Waals surface area contributed by atoms with Gasteiger partial charge in [-0.15, -0.1) is 11.3 Å². The maximum Gasteiger partial charge on any atom is 0.252 e. The van der Waals surface area contributed by atoms with Gasteiger partial charge in [-0.2, -0.15) is 0 Å². The number of thiophene rings is 1. The van der Waals surface area contributed by atoms with Crippen LogP contribution in [0.3, 0.4) is 0 Å². The Bertz CT molecular complexity index is 989. The normalized spacial score (nSPS) is 15.8. The van der Waals surface area contributed by atoms with E-state index >= 15 is 0 Å². The van der Waals surface area contributed by atoms with Crippen LogP contribution in [0, 0.1) is 20.8 Å². The zero-order chi connectivity index (χ0) is 19.7. The molecule has 1 fully saturated rings. The van der Waals surface area contributed by atoms with Gasteiger partial charge in [-0.1, -0.05) is 18.2 Å². The maximum atomic E-state index is 13.1. The molecule has 1 aromatic carbocycles. The smallest absolute Gasteiger partial charge is 0.252 e. The largest absolute Gasteiger partial charge is 0.349 e. The van der Waals surface area contributed by atoms with Crippen LogP contribution in [0.4, 0.5) is 0 Å². The van der Waals surface area contributed by atoms with Gasteiger partial charge >= 0.3 is 0 Å². The van der Waals surface area contributed by atoms with Crippen LogP contribution in [-0.2, 0) is 6.54 Å². The molecule has 0 atom stereocenters. The van der Waals surface area contributed by atoms with E-state index in [1.807, 2.05) is 30.4 Å². The number of pyridine rings is 1. The Balaban J connectivity index is 1.45. The number of aryl methyl sites for hydroxylation is 3. The van der Waals surface area contributed by atoms with Crippen molar-refractivity contribution in [1.29, 1.82) is 0 Å². The molecule has 1 saturated heterocycles. The summed E-state index contributed by atoms with van der Waals surface area (Å²) >= 11 is 1.81. The van der Waals surface area contributed by atoms with E-state index in [0.717, 1.165) is 60.2 Å². The van der Waals surface area contributed by atoms with E-state index in [-0.39, 0.29) is 11.9 Å². The quantitative estimate of drug-likeness (QED) is 0.704. The zero-order valence-corrected chi connectivity index (χ0v) is 17.6. The van der Waals surface area contributed by atoms with Crippen molar-refractivity contribution in [2.24, 2.45) is 0 Å². The first-order valence-corrected chi connectivity index (χ1v) is 10.8. The lowest BCUT2D eigenvalue weighted by atomic mass is 9.99. The maximum absolute atomic E-state index is 13.1. The monoisotopic (exact) mass is 393 g/mol. The number of carbonyl (C=O) groups is 1. The SMILES string of the molecule is Cc1cc(C(=O)NC2CCN(Cc3cccs3)CC2)c2ccc(C)c(C)c2n1. The van der Waals surface area contributed by atoms with Crippen molar-refractivity contribution in [1.82, 2.24) is 15.2 Å². The topological polar surface area (TPSA) is 45.2 Å². The van der Waals surface area contributed by atoms with E-state index in [9.17, 15) is 4.79 Å². The highest BCUT2D eigenvalue weighted by Gasteiger charge is 2.22. The summed E-state index contributed by atoms with van der Waals surface area (Å²) in [4.78, 5) is 21.6. The van der Waals surface area contributed by atoms with Crippen molar-refractivity contribution in [3.63, 3.8) is 0 Å². The Labute approximate surface area is 170 Å². The van der Waals surface area contributed by atoms with E-state index in [0.29, 0.717) is 0 Å². The molecule has 146 valence electrons. The van der Waals surface area contributed by atoms with Crippen LogP contribution in [0.25, 0.3) is 10.9 Å². The first-order valence-electron chi connectivity index (χ1n) is 9.94. The molecule has 1 N–H and O–H groups in total. The Kier molecular flexibility index (Phi) is 5.47. The number of amides is 1. The second-order valence-corrected chi connectivity index (χ2v) is 8.85. The summed E-state index contributed by atoms with van der Waals surface area (Å²) in [6, 6.07) is 10.6. The first kappa shape index (κ1) is 19.1. The fourth-order valence-electron chi connectivity index (χ4n) is 3.97. The van der Waals surface area contributed by atoms with Gasteiger partial charge in [0, 0.05) is 41.6 Å². The molecule has 3 heterocycles. The molecule has 5 heteroatoms. The van der Waals surface area contributed by atoms with Crippen LogP contribution in [0.2, 0.25) is 0 Å². The minimum absolute atomic E-state index is 0.0236. The summed E-state index contributed by atoms with van der Waals surface area (Å²) < 4.78 is 0. The van der Waals surface area contributed by atoms with Gasteiger partial charge < -0.3 is 5.32 Å². The van der Waals surface area contributed by atoms with E-state index in [1.54, 1.807) is 0 Å². The molecular formula is C23H27N3OS. The van der Waals surface area contributed by atoms with Gasteiger partial charge in [-0.05, 0) is 62.3 Å². The lowest BCUT2D eigenvalue weighted by Crippen LogP contribution is -2.44. The highest BCUT2D eigenvalue weighted by atomic mass is 32.1. The molecular weight excluding hydrogens is 366 g/mol. The summed E-state index contributed by atoms with van der Waals surface area (Å²) in [5.41, 5.74) is 4.92. The van der Waals surface area contributed by atoms with E-state index in [1.165, 1.54) is 10.4 Å². The number of aromatic nitrogens is 1. The molecule has 1 amide bonds. The summed E-state index contributed by atoms with van der Waals surface area (Å²) in [6.45, 7) is 9.19. The molecule has 4 rings (SSSR count). The minimum atomic E-state index is 0.0236. The molecule has 0 aliphatic carbocycles. The van der Waals surface area contributed by atoms with Crippen molar-refractivity contribution in [2.45, 2.75) is 46.2 Å². The summed E-state index contributed by atoms with van der Waals surface area (Å²) in [5.74, 6) is 0.0236. The number of nitrogens with one attached hydrogen (secondary N) is 1. The van der Waals surface area contributed by atoms with Gasteiger partial charge in [0.15, 0.2) is 0 Å². The van der Waals surface area contributed by atoms with Crippen molar-refractivity contribution in [3.05, 3.63) is 63.0 Å². The van der Waals surface area contributed by atoms with Gasteiger partial charge in [0.2, 0.25) is 0 Å². The number of carbonyl (C=O) groups excluding carboxylic acids is 1.